The van der Waals surface area contributed by atoms with E-state index in [1.165, 1.54) is 12.4 Å². The largest absolute Gasteiger partial charge is 0.437 e. The highest BCUT2D eigenvalue weighted by molar-refractivity contribution is 6.12. The van der Waals surface area contributed by atoms with Crippen LogP contribution in [0.3, 0.4) is 0 Å². The van der Waals surface area contributed by atoms with E-state index in [0.29, 0.717) is 56.6 Å². The molecule has 16 rings (SSSR count). The fourth-order valence-electron chi connectivity index (χ4n) is 15.6. The molecule has 12 heterocycles. The van der Waals surface area contributed by atoms with Gasteiger partial charge in [-0.2, -0.15) is 0 Å². The van der Waals surface area contributed by atoms with Gasteiger partial charge in [0.2, 0.25) is 45.6 Å². The molecule has 0 spiro atoms. The first kappa shape index (κ1) is 62.5. The van der Waals surface area contributed by atoms with Crippen molar-refractivity contribution in [1.29, 1.82) is 0 Å². The van der Waals surface area contributed by atoms with Gasteiger partial charge in [0.05, 0.1) is 22.3 Å². The van der Waals surface area contributed by atoms with Crippen LogP contribution in [0, 0.1) is 77.0 Å². The molecule has 4 aromatic carbocycles. The van der Waals surface area contributed by atoms with Crippen molar-refractivity contribution in [3.8, 4) is 45.0 Å². The predicted molar refractivity (Wildman–Crippen MR) is 490 cm³/mol. The zero-order valence-corrected chi connectivity index (χ0v) is 73.6. The SMILES string of the molecule is [2H]C([2H])([2H])C(C)(C([2H])([2H])[2H])C([2H])([2H])c1c[n+](C)c(-c2c(C)ccc3c2oc2nc(C(C)C)ccc23)cc1C.[2H]C([2H])([2H])C(C)(C([2H])([2H])[2H])C([2H])([2H])c1c[n+](C)c(-c2c(C)ccc3c2oc2nc(CC)ccc23)cc1C.[2H]C([2H])(c1c[n+](C)c(-c2c(C)ccc3c2oc2nc(C(C)C)ccc23)cc1C)C(C)(C)C.[2H]C([2H])(c1c[n+](C)c(-c2c(C)ccc3c2oc2nc(CC)ccc23)cc1C)C(C)(C)C. The van der Waals surface area contributed by atoms with Gasteiger partial charge in [-0.3, -0.25) is 0 Å². The van der Waals surface area contributed by atoms with E-state index in [-0.39, 0.29) is 17.0 Å². The highest BCUT2D eigenvalue weighted by atomic mass is 16.4. The van der Waals surface area contributed by atoms with Crippen LogP contribution in [0.2, 0.25) is 0 Å². The van der Waals surface area contributed by atoms with Gasteiger partial charge in [-0.25, -0.2) is 38.2 Å². The fourth-order valence-corrected chi connectivity index (χ4v) is 15.6. The minimum absolute atomic E-state index is 0.0103. The molecule has 0 aliphatic rings. The Bertz CT molecular complexity index is 7450. The third kappa shape index (κ3) is 17.8. The molecule has 16 aromatic rings. The van der Waals surface area contributed by atoms with Crippen LogP contribution >= 0.6 is 0 Å². The monoisotopic (exact) mass is 1600 g/mol. The third-order valence-electron chi connectivity index (χ3n) is 21.7. The molecule has 0 aliphatic heterocycles. The summed E-state index contributed by atoms with van der Waals surface area (Å²) in [5.41, 5.74) is 18.4. The second-order valence-corrected chi connectivity index (χ2v) is 35.2. The van der Waals surface area contributed by atoms with Gasteiger partial charge in [-0.1, -0.05) is 173 Å². The number of hydrogen-bond donors (Lipinski definition) is 0. The predicted octanol–water partition coefficient (Wildman–Crippen LogP) is 26.1. The Kier molecular flexibility index (Phi) is 17.4. The summed E-state index contributed by atoms with van der Waals surface area (Å²) in [4.78, 5) is 18.8. The Morgan fingerprint density at radius 2 is 0.542 bits per heavy atom. The lowest BCUT2D eigenvalue weighted by atomic mass is 9.86. The van der Waals surface area contributed by atoms with E-state index in [2.05, 4.69) is 119 Å². The molecular formula is C106H128N8O4+4. The van der Waals surface area contributed by atoms with E-state index < -0.39 is 74.6 Å². The second kappa shape index (κ2) is 32.9. The van der Waals surface area contributed by atoms with Crippen LogP contribution < -0.4 is 18.3 Å². The standard InChI is InChI=1S/2C27H33N2O.2C26H31N2O/c2*1-16(2)22-12-11-21-20-10-9-17(3)24(25(20)30-26(21)28-22)23-13-18(4)19(15-29(23)8)14-27(5,6)7;2*1-8-19-10-12-21-20-11-9-16(2)23(24(20)29-25(21)27-19)22-13-17(3)18(15-28(22)7)14-26(4,5)6/h2*9-13,15-16H,14H2,1-8H3;2*9-13,15H,8,14H2,1-7H3/q4*+1/i5D3,6D3,14D2;14D2;4D3,5D3,14D2;14D2. The summed E-state index contributed by atoms with van der Waals surface area (Å²) in [6, 6.07) is 40.4. The maximum atomic E-state index is 8.85. The van der Waals surface area contributed by atoms with E-state index in [4.69, 9.17) is 55.1 Å². The summed E-state index contributed by atoms with van der Waals surface area (Å²) >= 11 is 0. The Hall–Kier alpha value is -10.7. The molecule has 0 fully saturated rings. The van der Waals surface area contributed by atoms with Crippen molar-refractivity contribution in [2.45, 2.75) is 230 Å². The van der Waals surface area contributed by atoms with Gasteiger partial charge in [0.1, 0.15) is 28.2 Å². The summed E-state index contributed by atoms with van der Waals surface area (Å²) in [6.45, 7) is 29.2. The summed E-state index contributed by atoms with van der Waals surface area (Å²) in [5.74, 6) is 0.576. The smallest absolute Gasteiger partial charge is 0.227 e. The Morgan fingerprint density at radius 3 is 0.771 bits per heavy atom. The number of aryl methyl sites for hydroxylation is 14. The molecular weight excluding hydrogens is 1450 g/mol. The molecule has 0 saturated heterocycles. The van der Waals surface area contributed by atoms with E-state index in [0.717, 1.165) is 188 Å². The van der Waals surface area contributed by atoms with Crippen molar-refractivity contribution in [3.05, 3.63) is 236 Å². The molecule has 12 aromatic heterocycles. The number of rotatable bonds is 12. The van der Waals surface area contributed by atoms with Crippen LogP contribution in [-0.4, -0.2) is 19.9 Å². The van der Waals surface area contributed by atoms with E-state index >= 15 is 0 Å². The van der Waals surface area contributed by atoms with Crippen molar-refractivity contribution in [1.82, 2.24) is 19.9 Å². The van der Waals surface area contributed by atoms with Crippen LogP contribution in [0.25, 0.3) is 133 Å². The normalized spacial score (nSPS) is 15.8. The average molecular weight is 1600 g/mol. The van der Waals surface area contributed by atoms with Crippen LogP contribution in [0.15, 0.2) is 164 Å². The van der Waals surface area contributed by atoms with Crippen molar-refractivity contribution in [3.63, 3.8) is 0 Å². The van der Waals surface area contributed by atoms with Gasteiger partial charge < -0.3 is 17.7 Å². The number of nitrogens with zero attached hydrogens (tertiary/aromatic N) is 8. The molecule has 0 atom stereocenters. The van der Waals surface area contributed by atoms with Crippen LogP contribution in [0.4, 0.5) is 0 Å². The lowest BCUT2D eigenvalue weighted by molar-refractivity contribution is -0.661. The zero-order chi connectivity index (χ0) is 103. The quantitative estimate of drug-likeness (QED) is 0.111. The van der Waals surface area contributed by atoms with E-state index in [9.17, 15) is 0 Å². The molecule has 0 unspecified atom stereocenters. The number of pyridine rings is 8. The highest BCUT2D eigenvalue weighted by Gasteiger charge is 2.31. The molecule has 0 saturated carbocycles. The van der Waals surface area contributed by atoms with Crippen molar-refractivity contribution >= 4 is 88.3 Å². The van der Waals surface area contributed by atoms with Crippen LogP contribution in [0.1, 0.15) is 253 Å². The average Bonchev–Trinajstić information content (AvgIpc) is 1.00. The fraction of sp³-hybridized carbons (Fsp3) is 0.396. The molecule has 12 nitrogen and oxygen atoms in total. The van der Waals surface area contributed by atoms with E-state index in [1.54, 1.807) is 49.2 Å². The number of benzene rings is 4. The molecule has 0 N–H and O–H groups in total. The maximum Gasteiger partial charge on any atom is 0.227 e. The zero-order valence-electron chi connectivity index (χ0n) is 93.6. The topological polar surface area (TPSA) is 120 Å². The molecule has 12 heteroatoms. The summed E-state index contributed by atoms with van der Waals surface area (Å²) in [7, 11) is 7.41. The number of aromatic nitrogens is 8. The number of fused-ring (bicyclic) bond motifs is 12. The number of hydrogen-bond acceptors (Lipinski definition) is 8. The first-order chi connectivity index (χ1) is 63.6. The van der Waals surface area contributed by atoms with Gasteiger partial charge in [0, 0.05) is 140 Å². The molecule has 118 heavy (non-hydrogen) atoms. The summed E-state index contributed by atoms with van der Waals surface area (Å²) in [6.07, 6.45) is 0.221. The van der Waals surface area contributed by atoms with Gasteiger partial charge in [-0.15, -0.1) is 0 Å². The molecule has 0 amide bonds. The van der Waals surface area contributed by atoms with Crippen molar-refractivity contribution < 1.29 is 63.4 Å². The van der Waals surface area contributed by atoms with Crippen LogP contribution in [-0.2, 0) is 66.5 Å². The molecule has 0 radical (unpaired) electrons. The molecule has 0 aliphatic carbocycles. The minimum Gasteiger partial charge on any atom is -0.437 e. The Labute approximate surface area is 729 Å². The third-order valence-corrected chi connectivity index (χ3v) is 21.7. The van der Waals surface area contributed by atoms with Crippen molar-refractivity contribution in [2.24, 2.45) is 49.9 Å². The number of furan rings is 4. The van der Waals surface area contributed by atoms with Crippen molar-refractivity contribution in [2.75, 3.05) is 0 Å². The Balaban J connectivity index is 0.000000156. The molecule has 612 valence electrons. The maximum absolute atomic E-state index is 8.85. The summed E-state index contributed by atoms with van der Waals surface area (Å²) in [5, 5.41) is 7.74. The first-order valence-electron chi connectivity index (χ1n) is 50.9. The van der Waals surface area contributed by atoms with Gasteiger partial charge in [0.25, 0.3) is 0 Å². The van der Waals surface area contributed by atoms with Gasteiger partial charge in [-0.05, 0) is 220 Å². The van der Waals surface area contributed by atoms with Gasteiger partial charge >= 0.3 is 0 Å². The lowest BCUT2D eigenvalue weighted by Crippen LogP contribution is -2.32. The van der Waals surface area contributed by atoms with Crippen LogP contribution in [0.5, 0.6) is 0 Å². The second-order valence-electron chi connectivity index (χ2n) is 35.2. The first-order valence-corrected chi connectivity index (χ1v) is 40.9. The highest BCUT2D eigenvalue weighted by Crippen LogP contribution is 2.43. The minimum atomic E-state index is -3.08. The Morgan fingerprint density at radius 1 is 0.314 bits per heavy atom. The summed E-state index contributed by atoms with van der Waals surface area (Å²) < 4.78 is 199. The van der Waals surface area contributed by atoms with Gasteiger partial charge in [0.15, 0.2) is 47.1 Å². The lowest BCUT2D eigenvalue weighted by Gasteiger charge is -2.19. The molecule has 0 bridgehead atoms. The van der Waals surface area contributed by atoms with E-state index in [1.807, 2.05) is 160 Å².